The Kier molecular flexibility index (Phi) is 5.40. The van der Waals surface area contributed by atoms with E-state index in [0.717, 1.165) is 12.2 Å². The Morgan fingerprint density at radius 3 is 2.53 bits per heavy atom. The van der Waals surface area contributed by atoms with Crippen molar-refractivity contribution in [3.05, 3.63) is 29.8 Å². The Morgan fingerprint density at radius 1 is 1.32 bits per heavy atom. The molecule has 3 nitrogen and oxygen atoms in total. The molecule has 0 saturated carbocycles. The molecule has 0 fully saturated rings. The molecule has 0 amide bonds. The molecule has 0 bridgehead atoms. The third-order valence-electron chi connectivity index (χ3n) is 3.32. The third-order valence-corrected chi connectivity index (χ3v) is 3.32. The van der Waals surface area contributed by atoms with E-state index < -0.39 is 11.4 Å². The third kappa shape index (κ3) is 4.58. The molecule has 0 unspecified atom stereocenters. The first-order chi connectivity index (χ1) is 8.84. The molecule has 1 rings (SSSR count). The molecule has 0 saturated heterocycles. The first kappa shape index (κ1) is 15.5. The second-order valence-corrected chi connectivity index (χ2v) is 5.83. The van der Waals surface area contributed by atoms with Gasteiger partial charge in [-0.2, -0.15) is 0 Å². The lowest BCUT2D eigenvalue weighted by molar-refractivity contribution is -0.147. The summed E-state index contributed by atoms with van der Waals surface area (Å²) >= 11 is 0. The summed E-state index contributed by atoms with van der Waals surface area (Å²) in [7, 11) is 0. The fourth-order valence-corrected chi connectivity index (χ4v) is 1.89. The molecular weight excluding hydrogens is 240 g/mol. The molecule has 0 aliphatic heterocycles. The van der Waals surface area contributed by atoms with Gasteiger partial charge in [0.25, 0.3) is 0 Å². The van der Waals surface area contributed by atoms with Crippen LogP contribution < -0.4 is 4.74 Å². The number of para-hydroxylation sites is 1. The topological polar surface area (TPSA) is 46.5 Å². The molecule has 19 heavy (non-hydrogen) atoms. The lowest BCUT2D eigenvalue weighted by Crippen LogP contribution is -2.24. The summed E-state index contributed by atoms with van der Waals surface area (Å²) < 4.78 is 5.78. The molecular formula is C16H24O3. The van der Waals surface area contributed by atoms with E-state index in [-0.39, 0.29) is 0 Å². The SMILES string of the molecule is CC(C)c1ccccc1OCCCC(C)(C)C(=O)O. The number of carboxylic acid groups (broad SMARTS) is 1. The maximum Gasteiger partial charge on any atom is 0.309 e. The molecule has 0 aliphatic carbocycles. The monoisotopic (exact) mass is 264 g/mol. The lowest BCUT2D eigenvalue weighted by Gasteiger charge is -2.19. The second-order valence-electron chi connectivity index (χ2n) is 5.83. The Balaban J connectivity index is 2.48. The summed E-state index contributed by atoms with van der Waals surface area (Å²) in [5.41, 5.74) is 0.515. The van der Waals surface area contributed by atoms with Gasteiger partial charge in [-0.05, 0) is 44.2 Å². The van der Waals surface area contributed by atoms with Gasteiger partial charge in [-0.1, -0.05) is 32.0 Å². The minimum Gasteiger partial charge on any atom is -0.493 e. The maximum atomic E-state index is 11.0. The van der Waals surface area contributed by atoms with Crippen LogP contribution in [0.4, 0.5) is 0 Å². The highest BCUT2D eigenvalue weighted by Gasteiger charge is 2.26. The largest absolute Gasteiger partial charge is 0.493 e. The van der Waals surface area contributed by atoms with Crippen LogP contribution in [0.3, 0.4) is 0 Å². The van der Waals surface area contributed by atoms with Crippen molar-refractivity contribution in [2.24, 2.45) is 5.41 Å². The Morgan fingerprint density at radius 2 is 1.95 bits per heavy atom. The quantitative estimate of drug-likeness (QED) is 0.755. The second kappa shape index (κ2) is 6.60. The van der Waals surface area contributed by atoms with Crippen molar-refractivity contribution in [3.8, 4) is 5.75 Å². The van der Waals surface area contributed by atoms with Crippen molar-refractivity contribution in [3.63, 3.8) is 0 Å². The molecule has 0 radical (unpaired) electrons. The Bertz CT molecular complexity index is 422. The number of rotatable bonds is 7. The summed E-state index contributed by atoms with van der Waals surface area (Å²) in [4.78, 5) is 11.0. The number of hydrogen-bond donors (Lipinski definition) is 1. The van der Waals surface area contributed by atoms with Crippen LogP contribution in [0.5, 0.6) is 5.75 Å². The van der Waals surface area contributed by atoms with Crippen molar-refractivity contribution < 1.29 is 14.6 Å². The first-order valence-electron chi connectivity index (χ1n) is 6.79. The smallest absolute Gasteiger partial charge is 0.309 e. The molecule has 1 N–H and O–H groups in total. The van der Waals surface area contributed by atoms with E-state index in [4.69, 9.17) is 9.84 Å². The van der Waals surface area contributed by atoms with Crippen LogP contribution in [-0.4, -0.2) is 17.7 Å². The fraction of sp³-hybridized carbons (Fsp3) is 0.562. The lowest BCUT2D eigenvalue weighted by atomic mass is 9.88. The zero-order valence-corrected chi connectivity index (χ0v) is 12.3. The van der Waals surface area contributed by atoms with Crippen molar-refractivity contribution in [1.82, 2.24) is 0 Å². The van der Waals surface area contributed by atoms with E-state index in [1.54, 1.807) is 13.8 Å². The standard InChI is InChI=1S/C16H24O3/c1-12(2)13-8-5-6-9-14(13)19-11-7-10-16(3,4)15(17)18/h5-6,8-9,12H,7,10-11H2,1-4H3,(H,17,18). The van der Waals surface area contributed by atoms with Crippen LogP contribution in [0.2, 0.25) is 0 Å². The molecule has 106 valence electrons. The van der Waals surface area contributed by atoms with Gasteiger partial charge in [-0.25, -0.2) is 0 Å². The van der Waals surface area contributed by atoms with Crippen molar-refractivity contribution in [1.29, 1.82) is 0 Å². The van der Waals surface area contributed by atoms with Gasteiger partial charge in [0.1, 0.15) is 5.75 Å². The van der Waals surface area contributed by atoms with E-state index in [1.165, 1.54) is 5.56 Å². The zero-order chi connectivity index (χ0) is 14.5. The van der Waals surface area contributed by atoms with Gasteiger partial charge >= 0.3 is 5.97 Å². The number of ether oxygens (including phenoxy) is 1. The molecule has 3 heteroatoms. The number of carboxylic acids is 1. The van der Waals surface area contributed by atoms with Gasteiger partial charge in [0.15, 0.2) is 0 Å². The average molecular weight is 264 g/mol. The van der Waals surface area contributed by atoms with E-state index in [2.05, 4.69) is 19.9 Å². The van der Waals surface area contributed by atoms with Gasteiger partial charge in [-0.3, -0.25) is 4.79 Å². The van der Waals surface area contributed by atoms with Crippen molar-refractivity contribution >= 4 is 5.97 Å². The van der Waals surface area contributed by atoms with E-state index in [0.29, 0.717) is 18.9 Å². The molecule has 0 atom stereocenters. The first-order valence-corrected chi connectivity index (χ1v) is 6.79. The van der Waals surface area contributed by atoms with Crippen LogP contribution in [0, 0.1) is 5.41 Å². The molecule has 0 aliphatic rings. The maximum absolute atomic E-state index is 11.0. The zero-order valence-electron chi connectivity index (χ0n) is 12.3. The predicted molar refractivity (Wildman–Crippen MR) is 76.7 cm³/mol. The molecule has 1 aromatic carbocycles. The van der Waals surface area contributed by atoms with E-state index in [1.807, 2.05) is 18.2 Å². The fourth-order valence-electron chi connectivity index (χ4n) is 1.89. The summed E-state index contributed by atoms with van der Waals surface area (Å²) in [6.07, 6.45) is 1.36. The van der Waals surface area contributed by atoms with E-state index >= 15 is 0 Å². The van der Waals surface area contributed by atoms with Crippen LogP contribution in [0.15, 0.2) is 24.3 Å². The molecule has 1 aromatic rings. The van der Waals surface area contributed by atoms with Gasteiger partial charge in [-0.15, -0.1) is 0 Å². The highest BCUT2D eigenvalue weighted by atomic mass is 16.5. The van der Waals surface area contributed by atoms with E-state index in [9.17, 15) is 4.79 Å². The summed E-state index contributed by atoms with van der Waals surface area (Å²) in [6.45, 7) is 8.32. The minimum atomic E-state index is -0.755. The highest BCUT2D eigenvalue weighted by molar-refractivity contribution is 5.73. The number of aliphatic carboxylic acids is 1. The van der Waals surface area contributed by atoms with Gasteiger partial charge in [0, 0.05) is 0 Å². The molecule has 0 spiro atoms. The van der Waals surface area contributed by atoms with Gasteiger partial charge < -0.3 is 9.84 Å². The minimum absolute atomic E-state index is 0.423. The van der Waals surface area contributed by atoms with Crippen LogP contribution in [-0.2, 0) is 4.79 Å². The summed E-state index contributed by atoms with van der Waals surface area (Å²) in [5, 5.41) is 9.03. The van der Waals surface area contributed by atoms with Crippen LogP contribution >= 0.6 is 0 Å². The van der Waals surface area contributed by atoms with Crippen molar-refractivity contribution in [2.45, 2.75) is 46.5 Å². The molecule has 0 heterocycles. The Hall–Kier alpha value is -1.51. The predicted octanol–water partition coefficient (Wildman–Crippen LogP) is 4.08. The van der Waals surface area contributed by atoms with Crippen LogP contribution in [0.25, 0.3) is 0 Å². The number of benzene rings is 1. The van der Waals surface area contributed by atoms with Crippen molar-refractivity contribution in [2.75, 3.05) is 6.61 Å². The normalized spacial score (nSPS) is 11.6. The summed E-state index contributed by atoms with van der Waals surface area (Å²) in [5.74, 6) is 0.576. The van der Waals surface area contributed by atoms with Crippen LogP contribution in [0.1, 0.15) is 52.0 Å². The molecule has 0 aromatic heterocycles. The average Bonchev–Trinajstić information content (AvgIpc) is 2.34. The van der Waals surface area contributed by atoms with Gasteiger partial charge in [0.2, 0.25) is 0 Å². The highest BCUT2D eigenvalue weighted by Crippen LogP contribution is 2.27. The number of hydrogen-bond acceptors (Lipinski definition) is 2. The number of carbonyl (C=O) groups is 1. The Labute approximate surface area is 115 Å². The summed E-state index contributed by atoms with van der Waals surface area (Å²) in [6, 6.07) is 8.01. The van der Waals surface area contributed by atoms with Gasteiger partial charge in [0.05, 0.1) is 12.0 Å².